The first kappa shape index (κ1) is 25.1. The zero-order valence-electron chi connectivity index (χ0n) is 20.1. The van der Waals surface area contributed by atoms with Gasteiger partial charge in [0.15, 0.2) is 5.69 Å². The monoisotopic (exact) mass is 534 g/mol. The van der Waals surface area contributed by atoms with E-state index in [2.05, 4.69) is 43.3 Å². The fourth-order valence-corrected chi connectivity index (χ4v) is 5.62. The van der Waals surface area contributed by atoms with E-state index < -0.39 is 23.2 Å². The van der Waals surface area contributed by atoms with Crippen LogP contribution in [0.4, 0.5) is 5.82 Å². The number of hydrogen-bond acceptors (Lipinski definition) is 6. The summed E-state index contributed by atoms with van der Waals surface area (Å²) in [4.78, 5) is 30.7. The van der Waals surface area contributed by atoms with Gasteiger partial charge in [0.1, 0.15) is 11.4 Å². The van der Waals surface area contributed by atoms with Crippen molar-refractivity contribution < 1.29 is 14.7 Å². The number of benzene rings is 1. The standard InChI is InChI=1S/C25H25ClN7O3Si/c1-3-21(35)31-11-25(37,10-20(31)13(2)34)33-23(27)22(24(28)36)17(30-33)7-4-14-8-18-19(9-16(14)26)32(12-29-18)15-5-6-15/h3,8-9,12-13,15,20,34H,1,5-6,10-11,27H2,2H3,(H2,28,36)/q-1/t13?,20-,25-/m1/s1. The highest BCUT2D eigenvalue weighted by molar-refractivity contribution is 6.32. The van der Waals surface area contributed by atoms with E-state index in [1.165, 1.54) is 15.7 Å². The second-order valence-corrected chi connectivity index (χ2v) is 10.9. The topological polar surface area (TPSA) is 145 Å². The van der Waals surface area contributed by atoms with Gasteiger partial charge >= 0.3 is 0 Å². The van der Waals surface area contributed by atoms with Crippen molar-refractivity contribution in [3.05, 3.63) is 53.0 Å². The van der Waals surface area contributed by atoms with Gasteiger partial charge in [-0.1, -0.05) is 24.1 Å². The molecular weight excluding hydrogens is 510 g/mol. The van der Waals surface area contributed by atoms with Crippen molar-refractivity contribution in [1.82, 2.24) is 24.2 Å². The first-order chi connectivity index (χ1) is 17.5. The molecule has 1 saturated heterocycles. The Balaban J connectivity index is 1.54. The summed E-state index contributed by atoms with van der Waals surface area (Å²) in [5.74, 6) is 4.72. The Bertz CT molecular complexity index is 1510. The van der Waals surface area contributed by atoms with E-state index in [-0.39, 0.29) is 35.9 Å². The van der Waals surface area contributed by atoms with Crippen LogP contribution < -0.4 is 11.5 Å². The van der Waals surface area contributed by atoms with Gasteiger partial charge in [0.25, 0.3) is 5.91 Å². The van der Waals surface area contributed by atoms with Crippen LogP contribution in [0.25, 0.3) is 11.0 Å². The van der Waals surface area contributed by atoms with Crippen molar-refractivity contribution >= 4 is 50.5 Å². The number of aromatic nitrogens is 4. The molecule has 2 aliphatic rings. The van der Waals surface area contributed by atoms with Crippen molar-refractivity contribution in [2.45, 2.75) is 49.5 Å². The summed E-state index contributed by atoms with van der Waals surface area (Å²) < 4.78 is 3.51. The Morgan fingerprint density at radius 3 is 2.73 bits per heavy atom. The number of halogens is 1. The van der Waals surface area contributed by atoms with Crippen molar-refractivity contribution in [1.29, 1.82) is 0 Å². The number of carbonyl (C=O) groups excluding carboxylic acids is 2. The van der Waals surface area contributed by atoms with Gasteiger partial charge in [0.05, 0.1) is 34.5 Å². The largest absolute Gasteiger partial charge is 0.630 e. The number of hydrogen-bond donors (Lipinski definition) is 3. The Morgan fingerprint density at radius 2 is 2.11 bits per heavy atom. The Kier molecular flexibility index (Phi) is 6.14. The highest BCUT2D eigenvalue weighted by Crippen LogP contribution is 2.38. The third-order valence-corrected chi connectivity index (χ3v) is 7.77. The lowest BCUT2D eigenvalue weighted by Gasteiger charge is -2.39. The normalized spacial score (nSPS) is 22.1. The molecule has 2 fully saturated rings. The summed E-state index contributed by atoms with van der Waals surface area (Å²) in [5.41, 5.74) is 14.2. The second kappa shape index (κ2) is 9.06. The number of primary amides is 1. The molecule has 1 saturated carbocycles. The Morgan fingerprint density at radius 1 is 1.38 bits per heavy atom. The Labute approximate surface area is 221 Å². The van der Waals surface area contributed by atoms with Gasteiger partial charge < -0.3 is 36.3 Å². The number of aliphatic hydroxyl groups excluding tert-OH is 1. The number of carbonyl (C=O) groups is 2. The molecule has 1 unspecified atom stereocenters. The van der Waals surface area contributed by atoms with Gasteiger partial charge in [-0.15, -0.1) is 5.16 Å². The van der Waals surface area contributed by atoms with Gasteiger partial charge in [0.2, 0.25) is 5.91 Å². The minimum absolute atomic E-state index is 0.00577. The zero-order valence-corrected chi connectivity index (χ0v) is 21.9. The first-order valence-electron chi connectivity index (χ1n) is 11.8. The van der Waals surface area contributed by atoms with Crippen molar-refractivity contribution in [2.75, 3.05) is 12.3 Å². The van der Waals surface area contributed by atoms with Crippen molar-refractivity contribution in [3.63, 3.8) is 0 Å². The number of rotatable bonds is 5. The molecular formula is C25H25ClN7O3Si-. The fraction of sp³-hybridized carbons (Fsp3) is 0.360. The molecule has 1 aliphatic heterocycles. The van der Waals surface area contributed by atoms with Crippen LogP contribution in [-0.2, 0) is 9.96 Å². The minimum atomic E-state index is -1.01. The molecule has 5 rings (SSSR count). The van der Waals surface area contributed by atoms with Crippen LogP contribution in [0.5, 0.6) is 0 Å². The maximum Gasteiger partial charge on any atom is 0.255 e. The maximum atomic E-state index is 12.4. The van der Waals surface area contributed by atoms with Gasteiger partial charge in [-0.05, 0) is 50.3 Å². The molecule has 0 bridgehead atoms. The van der Waals surface area contributed by atoms with E-state index in [1.54, 1.807) is 19.3 Å². The Hall–Kier alpha value is -3.59. The molecule has 3 aromatic rings. The zero-order chi connectivity index (χ0) is 26.6. The third-order valence-electron chi connectivity index (χ3n) is 6.89. The quantitative estimate of drug-likeness (QED) is 0.255. The highest BCUT2D eigenvalue weighted by Gasteiger charge is 2.41. The van der Waals surface area contributed by atoms with E-state index in [0.717, 1.165) is 23.9 Å². The molecule has 2 radical (unpaired) electrons. The number of nitrogen functional groups attached to an aromatic ring is 1. The number of likely N-dealkylation sites (tertiary alicyclic amines) is 1. The molecule has 3 atom stereocenters. The summed E-state index contributed by atoms with van der Waals surface area (Å²) in [6, 6.07) is 3.56. The average molecular weight is 535 g/mol. The third kappa shape index (κ3) is 4.31. The number of amides is 2. The van der Waals surface area contributed by atoms with Gasteiger partial charge in [0, 0.05) is 18.2 Å². The number of fused-ring (bicyclic) bond motifs is 1. The van der Waals surface area contributed by atoms with Crippen molar-refractivity contribution in [2.24, 2.45) is 5.73 Å². The fourth-order valence-electron chi connectivity index (χ4n) is 4.86. The predicted molar refractivity (Wildman–Crippen MR) is 140 cm³/mol. The number of nitrogens with zero attached hydrogens (tertiary/aromatic N) is 5. The van der Waals surface area contributed by atoms with Crippen LogP contribution in [0, 0.1) is 11.8 Å². The van der Waals surface area contributed by atoms with E-state index in [9.17, 15) is 14.7 Å². The number of imidazole rings is 1. The molecule has 3 heterocycles. The molecule has 0 spiro atoms. The van der Waals surface area contributed by atoms with Crippen molar-refractivity contribution in [3.8, 4) is 11.8 Å². The molecule has 12 heteroatoms. The van der Waals surface area contributed by atoms with Crippen LogP contribution in [0.3, 0.4) is 0 Å². The van der Waals surface area contributed by atoms with Gasteiger partial charge in [-0.3, -0.25) is 14.3 Å². The highest BCUT2D eigenvalue weighted by atomic mass is 35.5. The second-order valence-electron chi connectivity index (χ2n) is 9.55. The summed E-state index contributed by atoms with van der Waals surface area (Å²) in [6.07, 6.45) is 4.67. The smallest absolute Gasteiger partial charge is 0.255 e. The lowest BCUT2D eigenvalue weighted by molar-refractivity contribution is -0.128. The van der Waals surface area contributed by atoms with Crippen LogP contribution in [0.1, 0.15) is 53.8 Å². The summed E-state index contributed by atoms with van der Waals surface area (Å²) >= 11 is 6.53. The summed E-state index contributed by atoms with van der Waals surface area (Å²) in [6.45, 7) is 5.25. The SMILES string of the molecule is C=CC(=O)N1C[C@@]([Si-])(n2nc(C#Cc3cc4ncn(C5CC5)c4cc3Cl)c(C(N)=O)c2N)C[C@@H]1C(C)O. The summed E-state index contributed by atoms with van der Waals surface area (Å²) in [5, 5.41) is 14.2. The van der Waals surface area contributed by atoms with Gasteiger partial charge in [-0.2, -0.15) is 5.10 Å². The predicted octanol–water partition coefficient (Wildman–Crippen LogP) is 1.29. The number of nitrogens with two attached hydrogens (primary N) is 2. The van der Waals surface area contributed by atoms with Gasteiger partial charge in [-0.25, -0.2) is 4.98 Å². The molecule has 1 aliphatic carbocycles. The van der Waals surface area contributed by atoms with E-state index in [0.29, 0.717) is 16.6 Å². The number of anilines is 1. The molecule has 1 aromatic carbocycles. The maximum absolute atomic E-state index is 12.4. The summed E-state index contributed by atoms with van der Waals surface area (Å²) in [7, 11) is 3.72. The van der Waals surface area contributed by atoms with Crippen LogP contribution >= 0.6 is 11.6 Å². The molecule has 37 heavy (non-hydrogen) atoms. The first-order valence-corrected chi connectivity index (χ1v) is 12.6. The van der Waals surface area contributed by atoms with Crippen LogP contribution in [-0.4, -0.2) is 70.1 Å². The van der Waals surface area contributed by atoms with Crippen LogP contribution in [0.2, 0.25) is 5.02 Å². The molecule has 2 amide bonds. The average Bonchev–Trinajstić information content (AvgIpc) is 3.36. The molecule has 190 valence electrons. The van der Waals surface area contributed by atoms with Crippen LogP contribution in [0.15, 0.2) is 31.1 Å². The molecule has 10 nitrogen and oxygen atoms in total. The van der Waals surface area contributed by atoms with E-state index in [4.69, 9.17) is 23.1 Å². The lowest BCUT2D eigenvalue weighted by Crippen LogP contribution is -2.42. The molecule has 2 aromatic heterocycles. The van der Waals surface area contributed by atoms with E-state index in [1.807, 2.05) is 6.07 Å². The minimum Gasteiger partial charge on any atom is -0.630 e. The number of aliphatic hydroxyl groups is 1. The lowest BCUT2D eigenvalue weighted by atomic mass is 10.1. The van der Waals surface area contributed by atoms with E-state index >= 15 is 0 Å². The molecule has 5 N–H and O–H groups in total.